The summed E-state index contributed by atoms with van der Waals surface area (Å²) in [5.41, 5.74) is 2.60. The molecule has 1 aliphatic heterocycles. The van der Waals surface area contributed by atoms with Crippen LogP contribution in [0.15, 0.2) is 54.6 Å². The Morgan fingerprint density at radius 1 is 0.912 bits per heavy atom. The molecule has 0 aliphatic carbocycles. The van der Waals surface area contributed by atoms with E-state index in [9.17, 15) is 9.59 Å². The lowest BCUT2D eigenvalue weighted by atomic mass is 10.1. The highest BCUT2D eigenvalue weighted by Gasteiger charge is 2.29. The predicted octanol–water partition coefficient (Wildman–Crippen LogP) is 3.42. The number of ether oxygens (including phenoxy) is 2. The van der Waals surface area contributed by atoms with Crippen LogP contribution in [0.1, 0.15) is 37.9 Å². The molecule has 1 saturated heterocycles. The fourth-order valence-corrected chi connectivity index (χ4v) is 4.02. The second-order valence-corrected chi connectivity index (χ2v) is 8.12. The summed E-state index contributed by atoms with van der Waals surface area (Å²) in [6, 6.07) is 17.3. The monoisotopic (exact) mass is 460 g/mol. The van der Waals surface area contributed by atoms with Gasteiger partial charge in [0.25, 0.3) is 5.91 Å². The van der Waals surface area contributed by atoms with E-state index in [1.807, 2.05) is 54.6 Å². The number of carbonyl (C=O) groups excluding carboxylic acids is 2. The number of piperazine rings is 1. The number of carbonyl (C=O) groups is 2. The van der Waals surface area contributed by atoms with Crippen LogP contribution in [0.2, 0.25) is 0 Å². The van der Waals surface area contributed by atoms with Crippen molar-refractivity contribution in [3.05, 3.63) is 82.9 Å². The van der Waals surface area contributed by atoms with E-state index in [1.165, 1.54) is 0 Å². The first kappa shape index (κ1) is 23.2. The van der Waals surface area contributed by atoms with Crippen molar-refractivity contribution in [2.24, 2.45) is 0 Å². The van der Waals surface area contributed by atoms with E-state index in [1.54, 1.807) is 25.9 Å². The van der Waals surface area contributed by atoms with Crippen molar-refractivity contribution in [2.75, 3.05) is 38.2 Å². The Morgan fingerprint density at radius 2 is 1.59 bits per heavy atom. The van der Waals surface area contributed by atoms with Crippen LogP contribution < -0.4 is 9.64 Å². The Kier molecular flexibility index (Phi) is 7.06. The lowest BCUT2D eigenvalue weighted by Crippen LogP contribution is -2.49. The summed E-state index contributed by atoms with van der Waals surface area (Å²) in [6.07, 6.45) is 0. The van der Waals surface area contributed by atoms with Crippen LogP contribution in [-0.4, -0.2) is 60.0 Å². The summed E-state index contributed by atoms with van der Waals surface area (Å²) in [4.78, 5) is 39.0. The molecule has 1 aromatic heterocycles. The van der Waals surface area contributed by atoms with Crippen molar-refractivity contribution in [3.63, 3.8) is 0 Å². The maximum absolute atomic E-state index is 13.4. The number of amides is 1. The van der Waals surface area contributed by atoms with Gasteiger partial charge in [0, 0.05) is 31.9 Å². The largest absolute Gasteiger partial charge is 0.497 e. The minimum Gasteiger partial charge on any atom is -0.497 e. The van der Waals surface area contributed by atoms with Crippen molar-refractivity contribution < 1.29 is 19.1 Å². The molecule has 0 saturated carbocycles. The van der Waals surface area contributed by atoms with E-state index >= 15 is 0 Å². The summed E-state index contributed by atoms with van der Waals surface area (Å²) >= 11 is 0. The topological polar surface area (TPSA) is 84.9 Å². The number of hydrogen-bond donors (Lipinski definition) is 0. The lowest BCUT2D eigenvalue weighted by molar-refractivity contribution is 0.0463. The maximum Gasteiger partial charge on any atom is 0.342 e. The smallest absolute Gasteiger partial charge is 0.342 e. The summed E-state index contributed by atoms with van der Waals surface area (Å²) in [5.74, 6) is 0.368. The van der Waals surface area contributed by atoms with Crippen LogP contribution in [0.3, 0.4) is 0 Å². The number of rotatable bonds is 6. The van der Waals surface area contributed by atoms with Crippen molar-refractivity contribution >= 4 is 17.6 Å². The van der Waals surface area contributed by atoms with Crippen molar-refractivity contribution in [1.82, 2.24) is 14.9 Å². The molecule has 0 radical (unpaired) electrons. The van der Waals surface area contributed by atoms with Crippen LogP contribution in [0, 0.1) is 13.8 Å². The first-order valence-electron chi connectivity index (χ1n) is 11.2. The van der Waals surface area contributed by atoms with Gasteiger partial charge in [-0.05, 0) is 43.7 Å². The Morgan fingerprint density at radius 3 is 2.24 bits per heavy atom. The first-order valence-corrected chi connectivity index (χ1v) is 11.2. The molecule has 0 atom stereocenters. The third kappa shape index (κ3) is 5.17. The molecule has 8 heteroatoms. The number of esters is 1. The Balaban J connectivity index is 1.47. The third-order valence-electron chi connectivity index (χ3n) is 5.83. The molecule has 1 amide bonds. The fraction of sp³-hybridized carbons (Fsp3) is 0.308. The SMILES string of the molecule is COc1ccc(N2CCN(C(=O)c3nc(C)nc(C)c3C(=O)OCc3ccccc3)CC2)cc1. The standard InChI is InChI=1S/C26H28N4O4/c1-18-23(26(32)34-17-20-7-5-4-6-8-20)24(28-19(2)27-18)25(31)30-15-13-29(14-16-30)21-9-11-22(33-3)12-10-21/h4-12H,13-17H2,1-3H3. The highest BCUT2D eigenvalue weighted by Crippen LogP contribution is 2.22. The van der Waals surface area contributed by atoms with Gasteiger partial charge in [0.1, 0.15) is 29.4 Å². The number of benzene rings is 2. The predicted molar refractivity (Wildman–Crippen MR) is 128 cm³/mol. The van der Waals surface area contributed by atoms with E-state index < -0.39 is 5.97 Å². The van der Waals surface area contributed by atoms with Gasteiger partial charge < -0.3 is 19.3 Å². The highest BCUT2D eigenvalue weighted by molar-refractivity contribution is 6.04. The van der Waals surface area contributed by atoms with Gasteiger partial charge in [0.05, 0.1) is 12.8 Å². The molecule has 1 fully saturated rings. The number of aryl methyl sites for hydroxylation is 2. The van der Waals surface area contributed by atoms with Gasteiger partial charge >= 0.3 is 5.97 Å². The fourth-order valence-electron chi connectivity index (χ4n) is 4.02. The number of methoxy groups -OCH3 is 1. The zero-order valence-electron chi connectivity index (χ0n) is 19.7. The average Bonchev–Trinajstić information content (AvgIpc) is 2.87. The average molecular weight is 461 g/mol. The molecular weight excluding hydrogens is 432 g/mol. The van der Waals surface area contributed by atoms with Gasteiger partial charge in [-0.3, -0.25) is 4.79 Å². The van der Waals surface area contributed by atoms with E-state index in [0.717, 1.165) is 17.0 Å². The summed E-state index contributed by atoms with van der Waals surface area (Å²) < 4.78 is 10.7. The van der Waals surface area contributed by atoms with Crippen molar-refractivity contribution in [2.45, 2.75) is 20.5 Å². The molecular formula is C26H28N4O4. The Labute approximate surface area is 199 Å². The second-order valence-electron chi connectivity index (χ2n) is 8.12. The molecule has 0 spiro atoms. The summed E-state index contributed by atoms with van der Waals surface area (Å²) in [7, 11) is 1.64. The van der Waals surface area contributed by atoms with E-state index in [0.29, 0.717) is 37.7 Å². The quantitative estimate of drug-likeness (QED) is 0.521. The number of aromatic nitrogens is 2. The van der Waals surface area contributed by atoms with Crippen LogP contribution in [-0.2, 0) is 11.3 Å². The summed E-state index contributed by atoms with van der Waals surface area (Å²) in [6.45, 7) is 5.92. The lowest BCUT2D eigenvalue weighted by Gasteiger charge is -2.36. The minimum atomic E-state index is -0.596. The number of nitrogens with zero attached hydrogens (tertiary/aromatic N) is 4. The maximum atomic E-state index is 13.4. The normalized spacial score (nSPS) is 13.5. The van der Waals surface area contributed by atoms with Crippen LogP contribution in [0.25, 0.3) is 0 Å². The molecule has 4 rings (SSSR count). The van der Waals surface area contributed by atoms with E-state index in [2.05, 4.69) is 14.9 Å². The van der Waals surface area contributed by atoms with Crippen molar-refractivity contribution in [3.8, 4) is 5.75 Å². The molecule has 2 heterocycles. The summed E-state index contributed by atoms with van der Waals surface area (Å²) in [5, 5.41) is 0. The van der Waals surface area contributed by atoms with Gasteiger partial charge in [-0.1, -0.05) is 30.3 Å². The highest BCUT2D eigenvalue weighted by atomic mass is 16.5. The molecule has 0 unspecified atom stereocenters. The Bertz CT molecular complexity index is 1160. The molecule has 1 aliphatic rings. The number of hydrogen-bond acceptors (Lipinski definition) is 7. The molecule has 34 heavy (non-hydrogen) atoms. The minimum absolute atomic E-state index is 0.0981. The van der Waals surface area contributed by atoms with Crippen LogP contribution in [0.5, 0.6) is 5.75 Å². The first-order chi connectivity index (χ1) is 16.5. The molecule has 176 valence electrons. The third-order valence-corrected chi connectivity index (χ3v) is 5.83. The van der Waals surface area contributed by atoms with Gasteiger partial charge in [-0.25, -0.2) is 14.8 Å². The van der Waals surface area contributed by atoms with Crippen LogP contribution in [0.4, 0.5) is 5.69 Å². The van der Waals surface area contributed by atoms with Gasteiger partial charge in [-0.2, -0.15) is 0 Å². The zero-order chi connectivity index (χ0) is 24.1. The molecule has 3 aromatic rings. The molecule has 0 N–H and O–H groups in total. The Hall–Kier alpha value is -3.94. The van der Waals surface area contributed by atoms with Crippen LogP contribution >= 0.6 is 0 Å². The number of anilines is 1. The molecule has 0 bridgehead atoms. The van der Waals surface area contributed by atoms with Crippen molar-refractivity contribution in [1.29, 1.82) is 0 Å². The van der Waals surface area contributed by atoms with Gasteiger partial charge in [-0.15, -0.1) is 0 Å². The molecule has 8 nitrogen and oxygen atoms in total. The van der Waals surface area contributed by atoms with Gasteiger partial charge in [0.2, 0.25) is 0 Å². The van der Waals surface area contributed by atoms with E-state index in [-0.39, 0.29) is 23.8 Å². The van der Waals surface area contributed by atoms with E-state index in [4.69, 9.17) is 9.47 Å². The second kappa shape index (κ2) is 10.3. The van der Waals surface area contributed by atoms with Gasteiger partial charge in [0.15, 0.2) is 0 Å². The zero-order valence-corrected chi connectivity index (χ0v) is 19.7. The molecule has 2 aromatic carbocycles.